The minimum atomic E-state index is -0.826. The molecule has 0 amide bonds. The molecule has 1 atom stereocenters. The van der Waals surface area contributed by atoms with E-state index in [-0.39, 0.29) is 5.82 Å². The summed E-state index contributed by atoms with van der Waals surface area (Å²) in [6.07, 6.45) is 3.85. The molecule has 108 valence electrons. The number of aryl methyl sites for hydroxylation is 1. The lowest BCUT2D eigenvalue weighted by Gasteiger charge is -2.25. The molecule has 1 aromatic carbocycles. The number of hydrogen-bond acceptors (Lipinski definition) is 3. The van der Waals surface area contributed by atoms with Gasteiger partial charge in [0.15, 0.2) is 0 Å². The summed E-state index contributed by atoms with van der Waals surface area (Å²) in [5, 5.41) is 4.11. The van der Waals surface area contributed by atoms with Gasteiger partial charge in [-0.05, 0) is 24.6 Å². The molecule has 0 bridgehead atoms. The Hall–Kier alpha value is -2.43. The highest BCUT2D eigenvalue weighted by molar-refractivity contribution is 5.91. The predicted molar refractivity (Wildman–Crippen MR) is 75.8 cm³/mol. The van der Waals surface area contributed by atoms with E-state index in [1.807, 2.05) is 6.92 Å². The average Bonchev–Trinajstić information content (AvgIpc) is 2.94. The number of ether oxygens (including phenoxy) is 1. The van der Waals surface area contributed by atoms with Gasteiger partial charge in [0.25, 0.3) is 0 Å². The van der Waals surface area contributed by atoms with E-state index in [2.05, 4.69) is 11.7 Å². The maximum Gasteiger partial charge on any atom is 0.334 e. The molecule has 0 saturated carbocycles. The fourth-order valence-electron chi connectivity index (χ4n) is 2.72. The summed E-state index contributed by atoms with van der Waals surface area (Å²) < 4.78 is 20.8. The normalized spacial score (nSPS) is 21.7. The largest absolute Gasteiger partial charge is 0.451 e. The Morgan fingerprint density at radius 1 is 1.48 bits per heavy atom. The molecule has 1 saturated heterocycles. The van der Waals surface area contributed by atoms with Gasteiger partial charge in [0.05, 0.1) is 6.20 Å². The fraction of sp³-hybridized carbons (Fsp3) is 0.250. The predicted octanol–water partition coefficient (Wildman–Crippen LogP) is 2.94. The third-order valence-electron chi connectivity index (χ3n) is 3.72. The molecular weight excluding hydrogens is 271 g/mol. The van der Waals surface area contributed by atoms with Crippen LogP contribution in [-0.4, -0.2) is 15.7 Å². The molecule has 1 aromatic heterocycles. The third kappa shape index (κ3) is 2.24. The van der Waals surface area contributed by atoms with Crippen molar-refractivity contribution in [2.24, 2.45) is 7.05 Å². The lowest BCUT2D eigenvalue weighted by Crippen LogP contribution is -2.22. The van der Waals surface area contributed by atoms with Crippen LogP contribution in [-0.2, 0) is 22.2 Å². The zero-order valence-electron chi connectivity index (χ0n) is 11.9. The van der Waals surface area contributed by atoms with Gasteiger partial charge in [-0.15, -0.1) is 0 Å². The van der Waals surface area contributed by atoms with Gasteiger partial charge < -0.3 is 4.74 Å². The molecule has 0 aliphatic carbocycles. The molecule has 3 rings (SSSR count). The van der Waals surface area contributed by atoms with E-state index >= 15 is 0 Å². The zero-order valence-corrected chi connectivity index (χ0v) is 11.9. The summed E-state index contributed by atoms with van der Waals surface area (Å²) in [6, 6.07) is 4.46. The minimum absolute atomic E-state index is 0.343. The number of carbonyl (C=O) groups excluding carboxylic acids is 1. The molecule has 2 heterocycles. The molecule has 21 heavy (non-hydrogen) atoms. The van der Waals surface area contributed by atoms with Crippen molar-refractivity contribution < 1.29 is 13.9 Å². The maximum absolute atomic E-state index is 13.7. The number of nitrogens with zero attached hydrogens (tertiary/aromatic N) is 2. The van der Waals surface area contributed by atoms with Crippen molar-refractivity contribution in [2.45, 2.75) is 18.9 Å². The van der Waals surface area contributed by atoms with E-state index in [0.29, 0.717) is 17.6 Å². The van der Waals surface area contributed by atoms with Crippen molar-refractivity contribution in [3.63, 3.8) is 0 Å². The van der Waals surface area contributed by atoms with Crippen LogP contribution in [0.4, 0.5) is 4.39 Å². The summed E-state index contributed by atoms with van der Waals surface area (Å²) in [5.74, 6) is -0.747. The number of hydrogen-bond donors (Lipinski definition) is 0. The molecule has 5 heteroatoms. The topological polar surface area (TPSA) is 44.1 Å². The number of rotatable bonds is 2. The second-order valence-electron chi connectivity index (χ2n) is 5.49. The highest BCUT2D eigenvalue weighted by Gasteiger charge is 2.41. The third-order valence-corrected chi connectivity index (χ3v) is 3.72. The molecular formula is C16H15FN2O2. The molecule has 1 aliphatic rings. The van der Waals surface area contributed by atoms with Crippen molar-refractivity contribution in [3.05, 3.63) is 54.1 Å². The van der Waals surface area contributed by atoms with Gasteiger partial charge in [-0.25, -0.2) is 9.18 Å². The molecule has 0 N–H and O–H groups in total. The molecule has 1 fully saturated rings. The molecule has 0 spiro atoms. The zero-order chi connectivity index (χ0) is 15.2. The van der Waals surface area contributed by atoms with E-state index < -0.39 is 11.6 Å². The van der Waals surface area contributed by atoms with Crippen molar-refractivity contribution in [1.82, 2.24) is 9.78 Å². The van der Waals surface area contributed by atoms with Crippen LogP contribution in [0.5, 0.6) is 0 Å². The molecule has 4 nitrogen and oxygen atoms in total. The van der Waals surface area contributed by atoms with E-state index in [0.717, 1.165) is 11.1 Å². The lowest BCUT2D eigenvalue weighted by atomic mass is 9.86. The first-order valence-electron chi connectivity index (χ1n) is 6.59. The number of aromatic nitrogens is 2. The van der Waals surface area contributed by atoms with Crippen LogP contribution in [0.3, 0.4) is 0 Å². The first kappa shape index (κ1) is 13.5. The Bertz CT molecular complexity index is 732. The number of carbonyl (C=O) groups is 1. The van der Waals surface area contributed by atoms with Crippen molar-refractivity contribution >= 4 is 5.97 Å². The van der Waals surface area contributed by atoms with Crippen LogP contribution in [0.15, 0.2) is 42.7 Å². The Morgan fingerprint density at radius 3 is 2.81 bits per heavy atom. The summed E-state index contributed by atoms with van der Waals surface area (Å²) >= 11 is 0. The Balaban J connectivity index is 2.15. The van der Waals surface area contributed by atoms with Crippen LogP contribution in [0.1, 0.15) is 18.9 Å². The van der Waals surface area contributed by atoms with Crippen molar-refractivity contribution in [3.8, 4) is 11.1 Å². The van der Waals surface area contributed by atoms with Crippen LogP contribution < -0.4 is 0 Å². The van der Waals surface area contributed by atoms with Gasteiger partial charge in [0.2, 0.25) is 0 Å². The van der Waals surface area contributed by atoms with E-state index in [9.17, 15) is 9.18 Å². The van der Waals surface area contributed by atoms with E-state index in [1.54, 1.807) is 30.2 Å². The summed E-state index contributed by atoms with van der Waals surface area (Å²) in [7, 11) is 1.79. The highest BCUT2D eigenvalue weighted by atomic mass is 19.1. The number of halogens is 1. The first-order chi connectivity index (χ1) is 9.89. The van der Waals surface area contributed by atoms with Crippen molar-refractivity contribution in [2.75, 3.05) is 0 Å². The lowest BCUT2D eigenvalue weighted by molar-refractivity contribution is -0.145. The maximum atomic E-state index is 13.7. The number of benzene rings is 1. The number of cyclic esters (lactones) is 1. The molecule has 0 radical (unpaired) electrons. The van der Waals surface area contributed by atoms with Crippen LogP contribution in [0, 0.1) is 5.82 Å². The van der Waals surface area contributed by atoms with Gasteiger partial charge in [-0.3, -0.25) is 4.68 Å². The van der Waals surface area contributed by atoms with Crippen LogP contribution in [0.2, 0.25) is 0 Å². The standard InChI is InChI=1S/C16H15FN2O2/c1-10-7-16(2,21-15(10)20)14-5-4-12(17)6-13(14)11-8-18-19(3)9-11/h4-6,8-9H,1,7H2,2-3H3/t16-/m0/s1. The average molecular weight is 286 g/mol. The fourth-order valence-corrected chi connectivity index (χ4v) is 2.72. The highest BCUT2D eigenvalue weighted by Crippen LogP contribution is 2.42. The van der Waals surface area contributed by atoms with Crippen LogP contribution in [0.25, 0.3) is 11.1 Å². The van der Waals surface area contributed by atoms with Gasteiger partial charge in [-0.1, -0.05) is 12.6 Å². The smallest absolute Gasteiger partial charge is 0.334 e. The Kier molecular flexibility index (Phi) is 2.93. The molecule has 0 unspecified atom stereocenters. The first-order valence-corrected chi connectivity index (χ1v) is 6.59. The molecule has 2 aromatic rings. The SMILES string of the molecule is C=C1C[C@@](C)(c2ccc(F)cc2-c2cnn(C)c2)OC1=O. The van der Waals surface area contributed by atoms with Gasteiger partial charge in [0, 0.05) is 36.4 Å². The van der Waals surface area contributed by atoms with E-state index in [4.69, 9.17) is 4.74 Å². The van der Waals surface area contributed by atoms with Gasteiger partial charge >= 0.3 is 5.97 Å². The van der Waals surface area contributed by atoms with Gasteiger partial charge in [-0.2, -0.15) is 5.10 Å². The van der Waals surface area contributed by atoms with E-state index in [1.165, 1.54) is 12.1 Å². The van der Waals surface area contributed by atoms with Crippen LogP contribution >= 0.6 is 0 Å². The van der Waals surface area contributed by atoms with Gasteiger partial charge in [0.1, 0.15) is 11.4 Å². The monoisotopic (exact) mass is 286 g/mol. The summed E-state index contributed by atoms with van der Waals surface area (Å²) in [4.78, 5) is 11.7. The van der Waals surface area contributed by atoms with Crippen molar-refractivity contribution in [1.29, 1.82) is 0 Å². The quantitative estimate of drug-likeness (QED) is 0.630. The summed E-state index contributed by atoms with van der Waals surface area (Å²) in [6.45, 7) is 5.53. The summed E-state index contributed by atoms with van der Waals surface area (Å²) in [5.41, 5.74) is 1.81. The Labute approximate surface area is 121 Å². The second-order valence-corrected chi connectivity index (χ2v) is 5.49. The second kappa shape index (κ2) is 4.55. The Morgan fingerprint density at radius 2 is 2.24 bits per heavy atom. The number of esters is 1. The molecule has 1 aliphatic heterocycles. The minimum Gasteiger partial charge on any atom is -0.451 e.